The summed E-state index contributed by atoms with van der Waals surface area (Å²) in [5.41, 5.74) is 6.97. The molecule has 0 spiro atoms. The molecule has 0 saturated carbocycles. The van der Waals surface area contributed by atoms with Crippen molar-refractivity contribution in [1.82, 2.24) is 0 Å². The van der Waals surface area contributed by atoms with Crippen LogP contribution < -0.4 is 10.5 Å². The molecule has 0 aliphatic carbocycles. The summed E-state index contributed by atoms with van der Waals surface area (Å²) in [6, 6.07) is 7.78. The van der Waals surface area contributed by atoms with Crippen molar-refractivity contribution in [1.29, 1.82) is 0 Å². The highest BCUT2D eigenvalue weighted by Crippen LogP contribution is 2.18. The van der Waals surface area contributed by atoms with Gasteiger partial charge in [0, 0.05) is 11.9 Å². The Labute approximate surface area is 83.6 Å². The number of nitrogens with two attached hydrogens (primary N) is 1. The van der Waals surface area contributed by atoms with Crippen LogP contribution in [-0.2, 0) is 0 Å². The zero-order chi connectivity index (χ0) is 9.68. The summed E-state index contributed by atoms with van der Waals surface area (Å²) in [6.07, 6.45) is 0.799. The number of alkyl halides is 1. The highest BCUT2D eigenvalue weighted by atomic mass is 35.5. The fraction of sp³-hybridized carbons (Fsp3) is 0.400. The van der Waals surface area contributed by atoms with Gasteiger partial charge in [0.25, 0.3) is 0 Å². The largest absolute Gasteiger partial charge is 0.497 e. The van der Waals surface area contributed by atoms with Gasteiger partial charge in [0.15, 0.2) is 0 Å². The van der Waals surface area contributed by atoms with E-state index < -0.39 is 0 Å². The lowest BCUT2D eigenvalue weighted by atomic mass is 10.1. The first kappa shape index (κ1) is 10.4. The maximum atomic E-state index is 5.87. The lowest BCUT2D eigenvalue weighted by Gasteiger charge is -2.10. The maximum Gasteiger partial charge on any atom is 0.118 e. The molecule has 0 saturated heterocycles. The van der Waals surface area contributed by atoms with E-state index in [1.54, 1.807) is 7.11 Å². The number of rotatable bonds is 4. The smallest absolute Gasteiger partial charge is 0.118 e. The number of hydrogen-bond donors (Lipinski definition) is 1. The molecule has 0 heterocycles. The van der Waals surface area contributed by atoms with Gasteiger partial charge in [-0.15, -0.1) is 11.6 Å². The van der Waals surface area contributed by atoms with Crippen LogP contribution in [0.3, 0.4) is 0 Å². The number of hydrogen-bond acceptors (Lipinski definition) is 2. The van der Waals surface area contributed by atoms with Crippen LogP contribution in [0.1, 0.15) is 18.0 Å². The van der Waals surface area contributed by atoms with Crippen molar-refractivity contribution in [3.63, 3.8) is 0 Å². The third kappa shape index (κ3) is 2.90. The van der Waals surface area contributed by atoms with Gasteiger partial charge in [-0.3, -0.25) is 0 Å². The summed E-state index contributed by atoms with van der Waals surface area (Å²) in [4.78, 5) is 0. The lowest BCUT2D eigenvalue weighted by Crippen LogP contribution is -2.10. The highest BCUT2D eigenvalue weighted by molar-refractivity contribution is 6.17. The molecular weight excluding hydrogens is 186 g/mol. The first-order chi connectivity index (χ1) is 6.27. The van der Waals surface area contributed by atoms with Gasteiger partial charge in [0.05, 0.1) is 7.11 Å². The Morgan fingerprint density at radius 1 is 1.38 bits per heavy atom. The molecule has 13 heavy (non-hydrogen) atoms. The lowest BCUT2D eigenvalue weighted by molar-refractivity contribution is 0.414. The van der Waals surface area contributed by atoms with Crippen molar-refractivity contribution in [3.8, 4) is 5.75 Å². The highest BCUT2D eigenvalue weighted by Gasteiger charge is 2.04. The minimum Gasteiger partial charge on any atom is -0.497 e. The number of halogens is 1. The van der Waals surface area contributed by atoms with E-state index in [1.807, 2.05) is 24.3 Å². The van der Waals surface area contributed by atoms with Gasteiger partial charge in [-0.1, -0.05) is 12.1 Å². The van der Waals surface area contributed by atoms with Crippen molar-refractivity contribution in [3.05, 3.63) is 29.8 Å². The van der Waals surface area contributed by atoms with Gasteiger partial charge >= 0.3 is 0 Å². The van der Waals surface area contributed by atoms with Gasteiger partial charge in [0.1, 0.15) is 5.75 Å². The first-order valence-corrected chi connectivity index (χ1v) is 4.77. The minimum atomic E-state index is 0.0309. The van der Waals surface area contributed by atoms with Crippen molar-refractivity contribution in [2.24, 2.45) is 5.73 Å². The quantitative estimate of drug-likeness (QED) is 0.756. The van der Waals surface area contributed by atoms with Crippen molar-refractivity contribution < 1.29 is 4.74 Å². The molecule has 0 fully saturated rings. The third-order valence-corrected chi connectivity index (χ3v) is 2.18. The average Bonchev–Trinajstić information content (AvgIpc) is 2.18. The van der Waals surface area contributed by atoms with E-state index >= 15 is 0 Å². The fourth-order valence-electron chi connectivity index (χ4n) is 1.14. The molecule has 0 bridgehead atoms. The molecule has 72 valence electrons. The van der Waals surface area contributed by atoms with Gasteiger partial charge < -0.3 is 10.5 Å². The van der Waals surface area contributed by atoms with Crippen LogP contribution in [0.5, 0.6) is 5.75 Å². The zero-order valence-corrected chi connectivity index (χ0v) is 8.42. The maximum absolute atomic E-state index is 5.87. The summed E-state index contributed by atoms with van der Waals surface area (Å²) in [6.45, 7) is 0. The molecule has 2 N–H and O–H groups in total. The van der Waals surface area contributed by atoms with Crippen LogP contribution in [0.2, 0.25) is 0 Å². The molecule has 2 nitrogen and oxygen atoms in total. The van der Waals surface area contributed by atoms with E-state index in [0.717, 1.165) is 17.7 Å². The van der Waals surface area contributed by atoms with E-state index in [9.17, 15) is 0 Å². The topological polar surface area (TPSA) is 35.2 Å². The first-order valence-electron chi connectivity index (χ1n) is 4.23. The zero-order valence-electron chi connectivity index (χ0n) is 7.66. The average molecular weight is 200 g/mol. The molecule has 3 heteroatoms. The molecule has 1 aromatic rings. The molecule has 0 aromatic heterocycles. The van der Waals surface area contributed by atoms with E-state index in [1.165, 1.54) is 0 Å². The summed E-state index contributed by atoms with van der Waals surface area (Å²) in [5, 5.41) is 0. The summed E-state index contributed by atoms with van der Waals surface area (Å²) in [7, 11) is 1.65. The molecular formula is C10H14ClNO. The second kappa shape index (κ2) is 5.10. The van der Waals surface area contributed by atoms with Crippen LogP contribution in [0.4, 0.5) is 0 Å². The van der Waals surface area contributed by atoms with E-state index in [4.69, 9.17) is 22.1 Å². The normalized spacial score (nSPS) is 12.5. The second-order valence-electron chi connectivity index (χ2n) is 2.86. The summed E-state index contributed by atoms with van der Waals surface area (Å²) in [5.74, 6) is 1.44. The van der Waals surface area contributed by atoms with Crippen molar-refractivity contribution in [2.45, 2.75) is 12.5 Å². The molecule has 0 aliphatic rings. The Bertz CT molecular complexity index is 248. The second-order valence-corrected chi connectivity index (χ2v) is 3.24. The predicted molar refractivity (Wildman–Crippen MR) is 55.3 cm³/mol. The molecule has 0 aliphatic heterocycles. The fourth-order valence-corrected chi connectivity index (χ4v) is 1.37. The van der Waals surface area contributed by atoms with Crippen LogP contribution in [0.25, 0.3) is 0 Å². The predicted octanol–water partition coefficient (Wildman–Crippen LogP) is 2.32. The molecule has 1 atom stereocenters. The van der Waals surface area contributed by atoms with Crippen molar-refractivity contribution in [2.75, 3.05) is 13.0 Å². The minimum absolute atomic E-state index is 0.0309. The number of benzene rings is 1. The van der Waals surface area contributed by atoms with Crippen molar-refractivity contribution >= 4 is 11.6 Å². The van der Waals surface area contributed by atoms with Crippen LogP contribution in [-0.4, -0.2) is 13.0 Å². The Morgan fingerprint density at radius 2 is 2.00 bits per heavy atom. The van der Waals surface area contributed by atoms with Gasteiger partial charge in [-0.05, 0) is 24.1 Å². The van der Waals surface area contributed by atoms with Crippen LogP contribution >= 0.6 is 11.6 Å². The van der Waals surface area contributed by atoms with Gasteiger partial charge in [-0.25, -0.2) is 0 Å². The Kier molecular flexibility index (Phi) is 4.06. The SMILES string of the molecule is COc1ccc(C(N)CCCl)cc1. The Balaban J connectivity index is 2.67. The summed E-state index contributed by atoms with van der Waals surface area (Å²) < 4.78 is 5.04. The molecule has 1 aromatic carbocycles. The number of methoxy groups -OCH3 is 1. The molecule has 0 radical (unpaired) electrons. The molecule has 0 amide bonds. The molecule has 1 unspecified atom stereocenters. The van der Waals surface area contributed by atoms with Crippen LogP contribution in [0.15, 0.2) is 24.3 Å². The van der Waals surface area contributed by atoms with Gasteiger partial charge in [0.2, 0.25) is 0 Å². The molecule has 1 rings (SSSR count). The van der Waals surface area contributed by atoms with Crippen LogP contribution in [0, 0.1) is 0 Å². The van der Waals surface area contributed by atoms with E-state index in [2.05, 4.69) is 0 Å². The number of ether oxygens (including phenoxy) is 1. The Morgan fingerprint density at radius 3 is 2.46 bits per heavy atom. The third-order valence-electron chi connectivity index (χ3n) is 1.96. The Hall–Kier alpha value is -0.730. The monoisotopic (exact) mass is 199 g/mol. The van der Waals surface area contributed by atoms with E-state index in [-0.39, 0.29) is 6.04 Å². The summed E-state index contributed by atoms with van der Waals surface area (Å²) >= 11 is 5.60. The standard InChI is InChI=1S/C10H14ClNO/c1-13-9-4-2-8(3-5-9)10(12)6-7-11/h2-5,10H,6-7,12H2,1H3. The van der Waals surface area contributed by atoms with E-state index in [0.29, 0.717) is 5.88 Å². The van der Waals surface area contributed by atoms with Gasteiger partial charge in [-0.2, -0.15) is 0 Å².